The highest BCUT2D eigenvalue weighted by atomic mass is 35.5. The number of rotatable bonds is 0. The lowest BCUT2D eigenvalue weighted by atomic mass is 10.1. The monoisotopic (exact) mass is 191 g/mol. The van der Waals surface area contributed by atoms with E-state index in [1.165, 1.54) is 0 Å². The third-order valence-electron chi connectivity index (χ3n) is 2.09. The maximum atomic E-state index is 11.0. The zero-order chi connectivity index (χ0) is 8.06. The van der Waals surface area contributed by atoms with Crippen LogP contribution in [0.25, 0.3) is 0 Å². The molecule has 2 rings (SSSR count). The van der Waals surface area contributed by atoms with E-state index in [-0.39, 0.29) is 10.8 Å². The number of hydrogen-bond donors (Lipinski definition) is 0. The van der Waals surface area contributed by atoms with Gasteiger partial charge in [0.05, 0.1) is 16.7 Å². The summed E-state index contributed by atoms with van der Waals surface area (Å²) >= 11 is 7.91. The van der Waals surface area contributed by atoms with Gasteiger partial charge in [0.15, 0.2) is 0 Å². The Hall–Kier alpha value is 0.110. The molecule has 2 atom stereocenters. The number of thioether (sulfide) groups is 1. The Bertz CT molecular complexity index is 207. The lowest BCUT2D eigenvalue weighted by Gasteiger charge is -2.48. The molecule has 2 heterocycles. The van der Waals surface area contributed by atoms with Crippen LogP contribution in [0.3, 0.4) is 0 Å². The standard InChI is InChI=1S/C7H10ClNOS/c1-7(8)3-9-5(10)2-6(9)11-4-7/h6H,2-4H2,1H3/t6-,7+/m1/s1. The van der Waals surface area contributed by atoms with E-state index >= 15 is 0 Å². The zero-order valence-electron chi connectivity index (χ0n) is 6.34. The summed E-state index contributed by atoms with van der Waals surface area (Å²) in [7, 11) is 0. The molecule has 0 aromatic rings. The summed E-state index contributed by atoms with van der Waals surface area (Å²) < 4.78 is 0. The number of nitrogens with zero attached hydrogens (tertiary/aromatic N) is 1. The molecular weight excluding hydrogens is 182 g/mol. The van der Waals surface area contributed by atoms with Gasteiger partial charge in [0.2, 0.25) is 5.91 Å². The van der Waals surface area contributed by atoms with Crippen LogP contribution in [0.5, 0.6) is 0 Å². The van der Waals surface area contributed by atoms with Crippen molar-refractivity contribution in [3.63, 3.8) is 0 Å². The van der Waals surface area contributed by atoms with Gasteiger partial charge in [-0.15, -0.1) is 23.4 Å². The van der Waals surface area contributed by atoms with E-state index < -0.39 is 0 Å². The molecule has 2 saturated heterocycles. The molecule has 0 aromatic carbocycles. The average molecular weight is 192 g/mol. The third-order valence-corrected chi connectivity index (χ3v) is 4.12. The Balaban J connectivity index is 2.06. The summed E-state index contributed by atoms with van der Waals surface area (Å²) in [6.45, 7) is 2.72. The van der Waals surface area contributed by atoms with Crippen LogP contribution in [-0.2, 0) is 4.79 Å². The van der Waals surface area contributed by atoms with Crippen molar-refractivity contribution in [2.45, 2.75) is 23.6 Å². The molecule has 0 radical (unpaired) electrons. The second-order valence-corrected chi connectivity index (χ2v) is 5.48. The van der Waals surface area contributed by atoms with Gasteiger partial charge < -0.3 is 4.90 Å². The summed E-state index contributed by atoms with van der Waals surface area (Å²) in [6, 6.07) is 0. The van der Waals surface area contributed by atoms with Gasteiger partial charge in [-0.25, -0.2) is 0 Å². The minimum atomic E-state index is -0.197. The van der Waals surface area contributed by atoms with E-state index in [2.05, 4.69) is 0 Å². The highest BCUT2D eigenvalue weighted by Gasteiger charge is 2.44. The summed E-state index contributed by atoms with van der Waals surface area (Å²) in [5, 5.41) is 0.439. The van der Waals surface area contributed by atoms with Gasteiger partial charge in [-0.2, -0.15) is 0 Å². The van der Waals surface area contributed by atoms with Crippen LogP contribution in [0.1, 0.15) is 13.3 Å². The molecule has 0 N–H and O–H groups in total. The van der Waals surface area contributed by atoms with Gasteiger partial charge in [-0.05, 0) is 6.92 Å². The molecule has 0 aliphatic carbocycles. The molecule has 0 bridgehead atoms. The van der Waals surface area contributed by atoms with E-state index in [0.29, 0.717) is 5.37 Å². The maximum Gasteiger partial charge on any atom is 0.226 e. The SMILES string of the molecule is C[C@@]1(Cl)CS[C@@H]2CC(=O)N2C1. The number of halogens is 1. The van der Waals surface area contributed by atoms with Crippen molar-refractivity contribution in [1.82, 2.24) is 4.90 Å². The molecule has 11 heavy (non-hydrogen) atoms. The number of carbonyl (C=O) groups excluding carboxylic acids is 1. The maximum absolute atomic E-state index is 11.0. The molecule has 0 unspecified atom stereocenters. The smallest absolute Gasteiger partial charge is 0.226 e. The van der Waals surface area contributed by atoms with Gasteiger partial charge in [-0.3, -0.25) is 4.79 Å². The number of β-lactam (4-membered cyclic amide) rings is 1. The number of alkyl halides is 1. The molecule has 0 saturated carbocycles. The first-order chi connectivity index (χ1) is 5.08. The predicted octanol–water partition coefficient (Wildman–Crippen LogP) is 1.29. The van der Waals surface area contributed by atoms with E-state index in [9.17, 15) is 4.79 Å². The second kappa shape index (κ2) is 2.30. The normalized spacial score (nSPS) is 43.3. The van der Waals surface area contributed by atoms with Gasteiger partial charge in [0.25, 0.3) is 0 Å². The van der Waals surface area contributed by atoms with Crippen molar-refractivity contribution in [3.8, 4) is 0 Å². The number of amides is 1. The van der Waals surface area contributed by atoms with Gasteiger partial charge in [0.1, 0.15) is 0 Å². The second-order valence-electron chi connectivity index (χ2n) is 3.40. The van der Waals surface area contributed by atoms with Crippen LogP contribution < -0.4 is 0 Å². The molecule has 4 heteroatoms. The summed E-state index contributed by atoms with van der Waals surface area (Å²) in [5.74, 6) is 1.22. The fraction of sp³-hybridized carbons (Fsp3) is 0.857. The van der Waals surface area contributed by atoms with Crippen molar-refractivity contribution in [2.75, 3.05) is 12.3 Å². The van der Waals surface area contributed by atoms with Crippen molar-refractivity contribution in [2.24, 2.45) is 0 Å². The largest absolute Gasteiger partial charge is 0.328 e. The average Bonchev–Trinajstić information content (AvgIpc) is 1.92. The number of carbonyl (C=O) groups is 1. The Morgan fingerprint density at radius 1 is 1.82 bits per heavy atom. The summed E-state index contributed by atoms with van der Waals surface area (Å²) in [5.41, 5.74) is 0. The van der Waals surface area contributed by atoms with E-state index in [1.54, 1.807) is 11.8 Å². The van der Waals surface area contributed by atoms with Gasteiger partial charge in [0, 0.05) is 12.3 Å². The Morgan fingerprint density at radius 3 is 3.09 bits per heavy atom. The number of fused-ring (bicyclic) bond motifs is 1. The molecule has 2 aliphatic heterocycles. The Kier molecular flexibility index (Phi) is 1.62. The van der Waals surface area contributed by atoms with E-state index in [4.69, 9.17) is 11.6 Å². The van der Waals surface area contributed by atoms with Crippen LogP contribution in [0.4, 0.5) is 0 Å². The van der Waals surface area contributed by atoms with Crippen LogP contribution in [0.2, 0.25) is 0 Å². The van der Waals surface area contributed by atoms with Crippen LogP contribution in [-0.4, -0.2) is 33.4 Å². The van der Waals surface area contributed by atoms with Crippen LogP contribution in [0.15, 0.2) is 0 Å². The van der Waals surface area contributed by atoms with Crippen molar-refractivity contribution in [1.29, 1.82) is 0 Å². The molecule has 2 nitrogen and oxygen atoms in total. The first kappa shape index (κ1) is 7.74. The highest BCUT2D eigenvalue weighted by Crippen LogP contribution is 2.39. The zero-order valence-corrected chi connectivity index (χ0v) is 7.91. The predicted molar refractivity (Wildman–Crippen MR) is 46.8 cm³/mol. The fourth-order valence-electron chi connectivity index (χ4n) is 1.43. The van der Waals surface area contributed by atoms with Crippen molar-refractivity contribution < 1.29 is 4.79 Å². The summed E-state index contributed by atoms with van der Waals surface area (Å²) in [4.78, 5) is 12.7. The van der Waals surface area contributed by atoms with Crippen LogP contribution >= 0.6 is 23.4 Å². The van der Waals surface area contributed by atoms with Crippen molar-refractivity contribution in [3.05, 3.63) is 0 Å². The topological polar surface area (TPSA) is 20.3 Å². The first-order valence-corrected chi connectivity index (χ1v) is 5.11. The summed E-state index contributed by atoms with van der Waals surface area (Å²) in [6.07, 6.45) is 0.720. The Labute approximate surface area is 75.3 Å². The number of hydrogen-bond acceptors (Lipinski definition) is 2. The molecule has 2 aliphatic rings. The van der Waals surface area contributed by atoms with Gasteiger partial charge in [-0.1, -0.05) is 0 Å². The highest BCUT2D eigenvalue weighted by molar-refractivity contribution is 8.00. The quantitative estimate of drug-likeness (QED) is 0.425. The fourth-order valence-corrected chi connectivity index (χ4v) is 3.02. The molecule has 2 fully saturated rings. The first-order valence-electron chi connectivity index (χ1n) is 3.68. The third kappa shape index (κ3) is 1.25. The van der Waals surface area contributed by atoms with E-state index in [1.807, 2.05) is 11.8 Å². The molecule has 0 aromatic heterocycles. The van der Waals surface area contributed by atoms with Gasteiger partial charge >= 0.3 is 0 Å². The lowest BCUT2D eigenvalue weighted by molar-refractivity contribution is -0.142. The van der Waals surface area contributed by atoms with Crippen LogP contribution in [0, 0.1) is 0 Å². The molecule has 1 amide bonds. The Morgan fingerprint density at radius 2 is 2.55 bits per heavy atom. The molecule has 0 spiro atoms. The minimum Gasteiger partial charge on any atom is -0.328 e. The molecular formula is C7H10ClNOS. The lowest BCUT2D eigenvalue weighted by Crippen LogP contribution is -2.59. The van der Waals surface area contributed by atoms with Crippen molar-refractivity contribution >= 4 is 29.3 Å². The molecule has 62 valence electrons. The van der Waals surface area contributed by atoms with E-state index in [0.717, 1.165) is 18.7 Å². The minimum absolute atomic E-state index is 0.197.